The van der Waals surface area contributed by atoms with E-state index >= 15 is 0 Å². The van der Waals surface area contributed by atoms with Gasteiger partial charge in [0, 0.05) is 26.2 Å². The van der Waals surface area contributed by atoms with Gasteiger partial charge in [-0.2, -0.15) is 0 Å². The molecule has 0 spiro atoms. The molecule has 0 aromatic heterocycles. The zero-order valence-electron chi connectivity index (χ0n) is 60.6. The molecule has 102 heavy (non-hydrogen) atoms. The summed E-state index contributed by atoms with van der Waals surface area (Å²) in [4.78, 5) is 88.3. The topological polar surface area (TPSA) is 262 Å². The number of carbonyl (C=O) groups excluding carboxylic acids is 6. The standard InChI is InChI=1S/C78H98N4O20/c1-13-57(53-43-67(93-7)73(97-11)68(44-53)94-8)75(85)81-37-17-15-25-59(81)77(87)101-61(31-27-49-29-33-63(89-3)65(39-49)91-5)51-21-19-23-55(41-51)99-47-71(83)79-35-36-80-72(84)48-100-56-24-20-22-52(42-56)62(32-28-50-30-34-64(90-4)66(40-50)92-6)102-78(88)60-26-16-18-38-82(60)76(86)58(14-2)54-45-69(95-9)74(98-12)70(46-54)96-10/h19-24,29-30,33-34,39-46,57-62H,13-18,25-28,31-32,35-38,47-48H2,1-12H3,(H,79,83)(H,80,84)/t57-,58-,59-,60+,61+,62+/m0/s1. The number of aryl methyl sites for hydroxylation is 2. The van der Waals surface area contributed by atoms with Gasteiger partial charge >= 0.3 is 11.9 Å². The van der Waals surface area contributed by atoms with Crippen LogP contribution in [0.1, 0.15) is 135 Å². The molecule has 24 heteroatoms. The fourth-order valence-electron chi connectivity index (χ4n) is 13.1. The second kappa shape index (κ2) is 38.5. The number of esters is 2. The van der Waals surface area contributed by atoms with E-state index < -0.39 is 59.9 Å². The number of methoxy groups -OCH3 is 10. The van der Waals surface area contributed by atoms with Gasteiger partial charge in [0.2, 0.25) is 23.3 Å². The van der Waals surface area contributed by atoms with E-state index in [0.29, 0.717) is 181 Å². The highest BCUT2D eigenvalue weighted by molar-refractivity contribution is 5.90. The van der Waals surface area contributed by atoms with Crippen molar-refractivity contribution in [2.75, 3.05) is 110 Å². The van der Waals surface area contributed by atoms with Crippen LogP contribution in [0.15, 0.2) is 109 Å². The first-order chi connectivity index (χ1) is 49.5. The molecule has 550 valence electrons. The molecular weight excluding hydrogens is 1310 g/mol. The van der Waals surface area contributed by atoms with Gasteiger partial charge in [0.05, 0.1) is 82.9 Å². The van der Waals surface area contributed by atoms with Crippen molar-refractivity contribution >= 4 is 35.6 Å². The lowest BCUT2D eigenvalue weighted by atomic mass is 9.91. The average molecular weight is 1410 g/mol. The molecule has 2 heterocycles. The van der Waals surface area contributed by atoms with E-state index in [1.807, 2.05) is 62.4 Å². The van der Waals surface area contributed by atoms with Gasteiger partial charge in [-0.25, -0.2) is 9.59 Å². The summed E-state index contributed by atoms with van der Waals surface area (Å²) in [6.07, 6.45) is 4.54. The summed E-state index contributed by atoms with van der Waals surface area (Å²) >= 11 is 0. The maximum atomic E-state index is 14.7. The van der Waals surface area contributed by atoms with Crippen LogP contribution in [0, 0.1) is 0 Å². The summed E-state index contributed by atoms with van der Waals surface area (Å²) in [6, 6.07) is 30.5. The fraction of sp³-hybridized carbons (Fsp3) is 0.462. The highest BCUT2D eigenvalue weighted by atomic mass is 16.6. The Labute approximate surface area is 597 Å². The van der Waals surface area contributed by atoms with E-state index in [1.54, 1.807) is 98.9 Å². The SMILES string of the molecule is CC[C@H](C(=O)N1CCCC[C@@H]1C(=O)O[C@H](CCc1ccc(OC)c(OC)c1)c1cccc(OCC(=O)NCCNC(=O)COc2cccc([C@@H](CCc3ccc(OC)c(OC)c3)OC(=O)[C@@H]3CCCCN3C(=O)[C@@H](CC)c3cc(OC)c(OC)c(OC)c3)c2)c1)c1cc(OC)c(OC)c(OC)c1. The summed E-state index contributed by atoms with van der Waals surface area (Å²) in [5.74, 6) is 1.68. The minimum Gasteiger partial charge on any atom is -0.493 e. The summed E-state index contributed by atoms with van der Waals surface area (Å²) in [5, 5.41) is 5.55. The third-order valence-electron chi connectivity index (χ3n) is 18.5. The molecular formula is C78H98N4O20. The van der Waals surface area contributed by atoms with Crippen LogP contribution in [0.4, 0.5) is 0 Å². The number of piperidine rings is 2. The molecule has 0 aliphatic carbocycles. The molecule has 2 N–H and O–H groups in total. The monoisotopic (exact) mass is 1410 g/mol. The van der Waals surface area contributed by atoms with Crippen LogP contribution in [0.5, 0.6) is 69.0 Å². The van der Waals surface area contributed by atoms with Crippen LogP contribution >= 0.6 is 0 Å². The number of rotatable bonds is 37. The van der Waals surface area contributed by atoms with Crippen LogP contribution in [0.2, 0.25) is 0 Å². The number of likely N-dealkylation sites (tertiary alicyclic amines) is 2. The van der Waals surface area contributed by atoms with Crippen LogP contribution in [-0.4, -0.2) is 168 Å². The van der Waals surface area contributed by atoms with Gasteiger partial charge in [-0.3, -0.25) is 19.2 Å². The molecule has 0 bridgehead atoms. The molecule has 2 fully saturated rings. The first-order valence-corrected chi connectivity index (χ1v) is 34.5. The summed E-state index contributed by atoms with van der Waals surface area (Å²) in [6.45, 7) is 3.97. The normalized spacial score (nSPS) is 15.4. The minimum absolute atomic E-state index is 0.0705. The first-order valence-electron chi connectivity index (χ1n) is 34.5. The smallest absolute Gasteiger partial charge is 0.329 e. The Kier molecular flexibility index (Phi) is 29.3. The maximum absolute atomic E-state index is 14.7. The fourth-order valence-corrected chi connectivity index (χ4v) is 13.1. The quantitative estimate of drug-likeness (QED) is 0.0271. The van der Waals surface area contributed by atoms with E-state index in [9.17, 15) is 28.8 Å². The predicted octanol–water partition coefficient (Wildman–Crippen LogP) is 11.0. The zero-order valence-corrected chi connectivity index (χ0v) is 60.6. The van der Waals surface area contributed by atoms with Crippen molar-refractivity contribution in [3.8, 4) is 69.0 Å². The van der Waals surface area contributed by atoms with Crippen LogP contribution in [0.3, 0.4) is 0 Å². The summed E-state index contributed by atoms with van der Waals surface area (Å²) in [7, 11) is 15.3. The van der Waals surface area contributed by atoms with E-state index in [1.165, 1.54) is 42.7 Å². The van der Waals surface area contributed by atoms with Crippen molar-refractivity contribution < 1.29 is 95.1 Å². The largest absolute Gasteiger partial charge is 0.493 e. The number of hydrogen-bond acceptors (Lipinski definition) is 20. The highest BCUT2D eigenvalue weighted by Gasteiger charge is 2.40. The van der Waals surface area contributed by atoms with Crippen LogP contribution in [-0.2, 0) is 51.1 Å². The predicted molar refractivity (Wildman–Crippen MR) is 380 cm³/mol. The molecule has 8 rings (SSSR count). The van der Waals surface area contributed by atoms with Gasteiger partial charge in [0.1, 0.15) is 35.8 Å². The minimum atomic E-state index is -0.860. The Morgan fingerprint density at radius 1 is 0.412 bits per heavy atom. The Hall–Kier alpha value is -10.3. The van der Waals surface area contributed by atoms with Crippen molar-refractivity contribution in [1.29, 1.82) is 0 Å². The Morgan fingerprint density at radius 2 is 0.775 bits per heavy atom. The van der Waals surface area contributed by atoms with Gasteiger partial charge in [0.25, 0.3) is 11.8 Å². The molecule has 2 saturated heterocycles. The lowest BCUT2D eigenvalue weighted by molar-refractivity contribution is -0.162. The molecule has 24 nitrogen and oxygen atoms in total. The number of carbonyl (C=O) groups is 6. The number of amides is 4. The molecule has 6 atom stereocenters. The third kappa shape index (κ3) is 19.8. The second-order valence-corrected chi connectivity index (χ2v) is 24.7. The molecule has 0 unspecified atom stereocenters. The first kappa shape index (κ1) is 77.5. The van der Waals surface area contributed by atoms with Crippen molar-refractivity contribution in [3.63, 3.8) is 0 Å². The van der Waals surface area contributed by atoms with E-state index in [0.717, 1.165) is 11.1 Å². The molecule has 0 radical (unpaired) electrons. The average Bonchev–Trinajstić information content (AvgIpc) is 0.796. The highest BCUT2D eigenvalue weighted by Crippen LogP contribution is 2.44. The maximum Gasteiger partial charge on any atom is 0.329 e. The lowest BCUT2D eigenvalue weighted by Gasteiger charge is -2.37. The van der Waals surface area contributed by atoms with Gasteiger partial charge < -0.3 is 86.7 Å². The Bertz CT molecular complexity index is 3510. The molecule has 4 amide bonds. The van der Waals surface area contributed by atoms with Gasteiger partial charge in [0.15, 0.2) is 59.2 Å². The van der Waals surface area contributed by atoms with Crippen molar-refractivity contribution in [2.24, 2.45) is 0 Å². The molecule has 6 aromatic carbocycles. The lowest BCUT2D eigenvalue weighted by Crippen LogP contribution is -2.50. The van der Waals surface area contributed by atoms with Crippen molar-refractivity contribution in [2.45, 2.75) is 127 Å². The molecule has 2 aliphatic rings. The van der Waals surface area contributed by atoms with E-state index in [-0.39, 0.29) is 38.1 Å². The van der Waals surface area contributed by atoms with E-state index in [4.69, 9.17) is 66.3 Å². The number of ether oxygens (including phenoxy) is 14. The molecule has 2 aliphatic heterocycles. The number of nitrogens with zero attached hydrogens (tertiary/aromatic N) is 2. The molecule has 6 aromatic rings. The van der Waals surface area contributed by atoms with Gasteiger partial charge in [-0.05, 0) is 183 Å². The van der Waals surface area contributed by atoms with Crippen molar-refractivity contribution in [1.82, 2.24) is 20.4 Å². The van der Waals surface area contributed by atoms with Crippen molar-refractivity contribution in [3.05, 3.63) is 143 Å². The van der Waals surface area contributed by atoms with Crippen LogP contribution < -0.4 is 67.5 Å². The van der Waals surface area contributed by atoms with Gasteiger partial charge in [-0.1, -0.05) is 50.2 Å². The Morgan fingerprint density at radius 3 is 1.11 bits per heavy atom. The summed E-state index contributed by atoms with van der Waals surface area (Å²) in [5.41, 5.74) is 4.34. The van der Waals surface area contributed by atoms with E-state index in [2.05, 4.69) is 10.6 Å². The number of benzene rings is 6. The Balaban J connectivity index is 0.885. The second-order valence-electron chi connectivity index (χ2n) is 24.7. The summed E-state index contributed by atoms with van der Waals surface area (Å²) < 4.78 is 80.7. The zero-order chi connectivity index (χ0) is 73.2. The number of hydrogen-bond donors (Lipinski definition) is 2. The van der Waals surface area contributed by atoms with Crippen LogP contribution in [0.25, 0.3) is 0 Å². The molecule has 0 saturated carbocycles. The number of nitrogens with one attached hydrogen (secondary N) is 2. The third-order valence-corrected chi connectivity index (χ3v) is 18.5. The van der Waals surface area contributed by atoms with Gasteiger partial charge in [-0.15, -0.1) is 0 Å².